The number of aromatic nitrogens is 1. The monoisotopic (exact) mass is 369 g/mol. The minimum Gasteiger partial charge on any atom is -0.465 e. The topological polar surface area (TPSA) is 83.0 Å². The summed E-state index contributed by atoms with van der Waals surface area (Å²) in [4.78, 5) is 31.4. The van der Waals surface area contributed by atoms with Gasteiger partial charge in [0.05, 0.1) is 13.2 Å². The van der Waals surface area contributed by atoms with E-state index in [1.165, 1.54) is 17.6 Å². The van der Waals surface area contributed by atoms with Crippen LogP contribution in [0.3, 0.4) is 0 Å². The van der Waals surface area contributed by atoms with Crippen molar-refractivity contribution in [2.45, 2.75) is 12.5 Å². The van der Waals surface area contributed by atoms with Crippen LogP contribution >= 0.6 is 0 Å². The van der Waals surface area contributed by atoms with Crippen LogP contribution < -0.4 is 0 Å². The molecule has 2 heterocycles. The lowest BCUT2D eigenvalue weighted by atomic mass is 9.99. The zero-order valence-corrected chi connectivity index (χ0v) is 15.2. The van der Waals surface area contributed by atoms with Crippen molar-refractivity contribution in [1.82, 2.24) is 14.8 Å². The normalized spacial score (nSPS) is 17.5. The summed E-state index contributed by atoms with van der Waals surface area (Å²) in [5.74, 6) is -0.513. The molecular formula is C20H23N3O4. The second-order valence-electron chi connectivity index (χ2n) is 6.45. The molecule has 1 aromatic heterocycles. The molecule has 1 saturated heterocycles. The first kappa shape index (κ1) is 18.8. The number of hydrogen-bond acceptors (Lipinski definition) is 5. The number of carboxylic acid groups (broad SMARTS) is 1. The molecule has 3 rings (SSSR count). The molecule has 0 bridgehead atoms. The summed E-state index contributed by atoms with van der Waals surface area (Å²) in [6, 6.07) is 13.5. The molecule has 0 aliphatic carbocycles. The Kier molecular flexibility index (Phi) is 6.03. The van der Waals surface area contributed by atoms with Crippen molar-refractivity contribution < 1.29 is 19.4 Å². The minimum atomic E-state index is -0.953. The van der Waals surface area contributed by atoms with E-state index in [9.17, 15) is 14.7 Å². The first-order chi connectivity index (χ1) is 13.1. The number of nitrogens with zero attached hydrogens (tertiary/aromatic N) is 3. The molecule has 7 heteroatoms. The van der Waals surface area contributed by atoms with Crippen LogP contribution in [0.1, 0.15) is 27.7 Å². The average molecular weight is 369 g/mol. The fourth-order valence-electron chi connectivity index (χ4n) is 3.43. The number of esters is 1. The van der Waals surface area contributed by atoms with Gasteiger partial charge in [0.2, 0.25) is 0 Å². The van der Waals surface area contributed by atoms with Gasteiger partial charge < -0.3 is 14.7 Å². The van der Waals surface area contributed by atoms with E-state index in [0.717, 1.165) is 13.0 Å². The predicted octanol–water partition coefficient (Wildman–Crippen LogP) is 2.45. The summed E-state index contributed by atoms with van der Waals surface area (Å²) < 4.78 is 4.86. The SMILES string of the molecule is COC(=O)c1ncccc1C1CN(C(=O)O)CCN1CCc1ccccc1. The van der Waals surface area contributed by atoms with E-state index >= 15 is 0 Å². The van der Waals surface area contributed by atoms with E-state index < -0.39 is 12.1 Å². The molecule has 1 fully saturated rings. The van der Waals surface area contributed by atoms with Crippen LogP contribution in [0.5, 0.6) is 0 Å². The lowest BCUT2D eigenvalue weighted by Gasteiger charge is -2.41. The number of carbonyl (C=O) groups excluding carboxylic acids is 1. The minimum absolute atomic E-state index is 0.238. The summed E-state index contributed by atoms with van der Waals surface area (Å²) in [5.41, 5.74) is 2.15. The van der Waals surface area contributed by atoms with Crippen LogP contribution in [-0.2, 0) is 11.2 Å². The highest BCUT2D eigenvalue weighted by Gasteiger charge is 2.33. The van der Waals surface area contributed by atoms with Crippen molar-refractivity contribution >= 4 is 12.1 Å². The van der Waals surface area contributed by atoms with E-state index in [2.05, 4.69) is 22.0 Å². The number of rotatable bonds is 5. The summed E-state index contributed by atoms with van der Waals surface area (Å²) in [7, 11) is 1.32. The fourth-order valence-corrected chi connectivity index (χ4v) is 3.43. The third kappa shape index (κ3) is 4.43. The third-order valence-corrected chi connectivity index (χ3v) is 4.87. The second kappa shape index (κ2) is 8.64. The van der Waals surface area contributed by atoms with Crippen LogP contribution in [0.15, 0.2) is 48.7 Å². The van der Waals surface area contributed by atoms with Gasteiger partial charge in [0, 0.05) is 37.9 Å². The van der Waals surface area contributed by atoms with Gasteiger partial charge >= 0.3 is 12.1 Å². The Balaban J connectivity index is 1.86. The van der Waals surface area contributed by atoms with Gasteiger partial charge in [-0.2, -0.15) is 0 Å². The predicted molar refractivity (Wildman–Crippen MR) is 99.6 cm³/mol. The molecule has 0 saturated carbocycles. The number of piperazine rings is 1. The maximum absolute atomic E-state index is 12.1. The molecule has 27 heavy (non-hydrogen) atoms. The molecule has 1 N–H and O–H groups in total. The van der Waals surface area contributed by atoms with Crippen molar-refractivity contribution in [3.05, 3.63) is 65.5 Å². The number of hydrogen-bond donors (Lipinski definition) is 1. The molecule has 1 aliphatic rings. The number of benzene rings is 1. The van der Waals surface area contributed by atoms with Crippen molar-refractivity contribution in [1.29, 1.82) is 0 Å². The summed E-state index contributed by atoms with van der Waals surface area (Å²) >= 11 is 0. The van der Waals surface area contributed by atoms with Gasteiger partial charge in [-0.1, -0.05) is 36.4 Å². The number of ether oxygens (including phenoxy) is 1. The van der Waals surface area contributed by atoms with Gasteiger partial charge in [-0.05, 0) is 18.1 Å². The van der Waals surface area contributed by atoms with E-state index in [1.807, 2.05) is 24.3 Å². The maximum Gasteiger partial charge on any atom is 0.407 e. The Morgan fingerprint density at radius 2 is 1.96 bits per heavy atom. The molecular weight excluding hydrogens is 346 g/mol. The van der Waals surface area contributed by atoms with Gasteiger partial charge in [0.25, 0.3) is 0 Å². The average Bonchev–Trinajstić information content (AvgIpc) is 2.72. The lowest BCUT2D eigenvalue weighted by molar-refractivity contribution is 0.0567. The maximum atomic E-state index is 12.1. The Morgan fingerprint density at radius 1 is 1.19 bits per heavy atom. The van der Waals surface area contributed by atoms with E-state index in [0.29, 0.717) is 25.2 Å². The molecule has 1 unspecified atom stereocenters. The van der Waals surface area contributed by atoms with Crippen molar-refractivity contribution in [3.8, 4) is 0 Å². The van der Waals surface area contributed by atoms with Gasteiger partial charge in [0.15, 0.2) is 5.69 Å². The van der Waals surface area contributed by atoms with Gasteiger partial charge in [0.1, 0.15) is 0 Å². The highest BCUT2D eigenvalue weighted by atomic mass is 16.5. The number of methoxy groups -OCH3 is 1. The van der Waals surface area contributed by atoms with Crippen LogP contribution in [0.25, 0.3) is 0 Å². The molecule has 1 atom stereocenters. The molecule has 0 spiro atoms. The highest BCUT2D eigenvalue weighted by Crippen LogP contribution is 2.28. The highest BCUT2D eigenvalue weighted by molar-refractivity contribution is 5.89. The number of amides is 1. The first-order valence-electron chi connectivity index (χ1n) is 8.89. The summed E-state index contributed by atoms with van der Waals surface area (Å²) in [5, 5.41) is 9.42. The standard InChI is InChI=1S/C20H23N3O4/c1-27-19(24)18-16(8-5-10-21-18)17-14-23(20(25)26)13-12-22(17)11-9-15-6-3-2-4-7-15/h2-8,10,17H,9,11-14H2,1H3,(H,25,26). The molecule has 2 aromatic rings. The smallest absolute Gasteiger partial charge is 0.407 e. The van der Waals surface area contributed by atoms with Gasteiger partial charge in [-0.25, -0.2) is 14.6 Å². The molecule has 1 aromatic carbocycles. The Labute approximate surface area is 158 Å². The third-order valence-electron chi connectivity index (χ3n) is 4.87. The van der Waals surface area contributed by atoms with Crippen molar-refractivity contribution in [2.24, 2.45) is 0 Å². The van der Waals surface area contributed by atoms with Crippen molar-refractivity contribution in [2.75, 3.05) is 33.3 Å². The fraction of sp³-hybridized carbons (Fsp3) is 0.350. The van der Waals surface area contributed by atoms with Crippen molar-refractivity contribution in [3.63, 3.8) is 0 Å². The Morgan fingerprint density at radius 3 is 2.67 bits per heavy atom. The van der Waals surface area contributed by atoms with E-state index in [1.54, 1.807) is 12.3 Å². The number of pyridine rings is 1. The Bertz CT molecular complexity index is 797. The molecule has 0 radical (unpaired) electrons. The lowest BCUT2D eigenvalue weighted by Crippen LogP contribution is -2.50. The van der Waals surface area contributed by atoms with Crippen LogP contribution in [0.2, 0.25) is 0 Å². The summed E-state index contributed by atoms with van der Waals surface area (Å²) in [6.07, 6.45) is 1.44. The first-order valence-corrected chi connectivity index (χ1v) is 8.89. The summed E-state index contributed by atoms with van der Waals surface area (Å²) in [6.45, 7) is 2.09. The molecule has 7 nitrogen and oxygen atoms in total. The Hall–Kier alpha value is -2.93. The van der Waals surface area contributed by atoms with Crippen LogP contribution in [0, 0.1) is 0 Å². The van der Waals surface area contributed by atoms with Crippen LogP contribution in [-0.4, -0.2) is 65.2 Å². The number of carbonyl (C=O) groups is 2. The largest absolute Gasteiger partial charge is 0.465 e. The van der Waals surface area contributed by atoms with E-state index in [-0.39, 0.29) is 11.7 Å². The zero-order valence-electron chi connectivity index (χ0n) is 15.2. The zero-order chi connectivity index (χ0) is 19.2. The quantitative estimate of drug-likeness (QED) is 0.815. The van der Waals surface area contributed by atoms with E-state index in [4.69, 9.17) is 4.74 Å². The van der Waals surface area contributed by atoms with Gasteiger partial charge in [-0.15, -0.1) is 0 Å². The molecule has 1 aliphatic heterocycles. The second-order valence-corrected chi connectivity index (χ2v) is 6.45. The molecule has 142 valence electrons. The van der Waals surface area contributed by atoms with Crippen LogP contribution in [0.4, 0.5) is 4.79 Å². The van der Waals surface area contributed by atoms with Gasteiger partial charge in [-0.3, -0.25) is 4.90 Å². The molecule has 1 amide bonds.